The van der Waals surface area contributed by atoms with Crippen molar-refractivity contribution < 1.29 is 0 Å². The second-order valence-electron chi connectivity index (χ2n) is 1.44. The van der Waals surface area contributed by atoms with Crippen LogP contribution in [0.1, 0.15) is 0 Å². The van der Waals surface area contributed by atoms with Gasteiger partial charge in [0.05, 0.1) is 0 Å². The number of hydrogen-bond acceptors (Lipinski definition) is 3. The molecule has 0 amide bonds. The van der Waals surface area contributed by atoms with Crippen LogP contribution in [0.4, 0.5) is 0 Å². The third-order valence-corrected chi connectivity index (χ3v) is 32.5. The van der Waals surface area contributed by atoms with Gasteiger partial charge in [0, 0.05) is 0 Å². The van der Waals surface area contributed by atoms with E-state index in [-0.39, 0.29) is 0 Å². The van der Waals surface area contributed by atoms with Crippen molar-refractivity contribution >= 4 is 169 Å². The van der Waals surface area contributed by atoms with E-state index < -0.39 is 0 Å². The topological polar surface area (TPSA) is 0 Å². The SMILES string of the molecule is S=c1sc([Se][Cs])c([Se][Cs])s1. The third-order valence-electron chi connectivity index (χ3n) is 0.890. The molecule has 0 aromatic carbocycles. The van der Waals surface area contributed by atoms with Gasteiger partial charge in [-0.3, -0.25) is 0 Å². The van der Waals surface area contributed by atoms with Gasteiger partial charge in [0.1, 0.15) is 0 Å². The molecular formula is C3Cs2S3Se2. The Morgan fingerprint density at radius 1 is 1.10 bits per heavy atom. The fourth-order valence-electron chi connectivity index (χ4n) is 0.506. The van der Waals surface area contributed by atoms with Crippen molar-refractivity contribution in [2.24, 2.45) is 0 Å². The molecule has 44 valence electrons. The van der Waals surface area contributed by atoms with Crippen LogP contribution in [0, 0.1) is 3.14 Å². The minimum absolute atomic E-state index is 0.807. The van der Waals surface area contributed by atoms with Crippen LogP contribution in [0.25, 0.3) is 0 Å². The Morgan fingerprint density at radius 3 is 1.80 bits per heavy atom. The van der Waals surface area contributed by atoms with Gasteiger partial charge in [-0.25, -0.2) is 0 Å². The molecule has 0 radical (unpaired) electrons. The molecule has 0 saturated heterocycles. The molecule has 0 spiro atoms. The molecule has 0 saturated carbocycles. The van der Waals surface area contributed by atoms with E-state index in [9.17, 15) is 0 Å². The molecule has 0 aliphatic carbocycles. The standard InChI is InChI=1S/C3H2S3Se2.2Cs/c4-3-5-1(7)2(8)6-3;;/h7-8H;;/q;2*+1/p-2. The van der Waals surface area contributed by atoms with E-state index in [1.807, 2.05) is 22.7 Å². The first-order chi connectivity index (χ1) is 4.77. The van der Waals surface area contributed by atoms with E-state index in [0.29, 0.717) is 0 Å². The van der Waals surface area contributed by atoms with E-state index in [2.05, 4.69) is 0 Å². The molecule has 0 unspecified atom stereocenters. The van der Waals surface area contributed by atoms with Gasteiger partial charge in [0.25, 0.3) is 0 Å². The first-order valence-corrected chi connectivity index (χ1v) is 36.3. The van der Waals surface area contributed by atoms with Gasteiger partial charge in [-0.2, -0.15) is 0 Å². The van der Waals surface area contributed by atoms with E-state index in [4.69, 9.17) is 12.2 Å². The van der Waals surface area contributed by atoms with Gasteiger partial charge in [0.15, 0.2) is 0 Å². The van der Waals surface area contributed by atoms with Gasteiger partial charge in [-0.05, 0) is 0 Å². The van der Waals surface area contributed by atoms with Crippen LogP contribution in [-0.2, 0) is 0 Å². The predicted molar refractivity (Wildman–Crippen MR) is 55.3 cm³/mol. The van der Waals surface area contributed by atoms with Crippen LogP contribution in [-0.4, -0.2) is 126 Å². The maximum absolute atomic E-state index is 5.16. The summed E-state index contributed by atoms with van der Waals surface area (Å²) in [6.07, 6.45) is 0. The molecule has 1 rings (SSSR count). The van der Waals surface area contributed by atoms with Gasteiger partial charge in [-0.15, -0.1) is 0 Å². The molecule has 0 fully saturated rings. The van der Waals surface area contributed by atoms with Crippen LogP contribution in [0.2, 0.25) is 0 Å². The monoisotopic (exact) mass is 558 g/mol. The quantitative estimate of drug-likeness (QED) is 0.346. The Balaban J connectivity index is 3.08. The fraction of sp³-hybridized carbons (Fsp3) is 0. The Hall–Kier alpha value is 5.41. The van der Waals surface area contributed by atoms with Crippen molar-refractivity contribution in [1.82, 2.24) is 0 Å². The van der Waals surface area contributed by atoms with Crippen LogP contribution in [0.5, 0.6) is 0 Å². The number of hydrogen-bond donors (Lipinski definition) is 0. The van der Waals surface area contributed by atoms with E-state index >= 15 is 0 Å². The summed E-state index contributed by atoms with van der Waals surface area (Å²) in [6, 6.07) is 0. The maximum atomic E-state index is 5.16. The van der Waals surface area contributed by atoms with Crippen molar-refractivity contribution in [3.05, 3.63) is 3.14 Å². The van der Waals surface area contributed by atoms with E-state index in [0.717, 1.165) is 126 Å². The zero-order chi connectivity index (χ0) is 7.56. The second-order valence-corrected chi connectivity index (χ2v) is 22.6. The van der Waals surface area contributed by atoms with Crippen molar-refractivity contribution in [2.75, 3.05) is 0 Å². The normalized spacial score (nSPS) is 10.4. The summed E-state index contributed by atoms with van der Waals surface area (Å²) in [7, 11) is 0. The molecule has 0 atom stereocenters. The van der Waals surface area contributed by atoms with Gasteiger partial charge >= 0.3 is 172 Å². The first kappa shape index (κ1) is 13.5. The van der Waals surface area contributed by atoms with E-state index in [1.165, 1.54) is 3.14 Å². The Morgan fingerprint density at radius 2 is 1.50 bits per heavy atom. The van der Waals surface area contributed by atoms with Crippen LogP contribution in [0.3, 0.4) is 0 Å². The molecule has 0 aliphatic rings. The van der Waals surface area contributed by atoms with E-state index in [1.54, 1.807) is 7.55 Å². The fourth-order valence-corrected chi connectivity index (χ4v) is 40.4. The molecule has 0 bridgehead atoms. The second kappa shape index (κ2) is 7.65. The molecule has 1 aromatic heterocycles. The molecule has 0 N–H and O–H groups in total. The van der Waals surface area contributed by atoms with Crippen molar-refractivity contribution in [3.8, 4) is 0 Å². The average molecular weight is 556 g/mol. The summed E-state index contributed by atoms with van der Waals surface area (Å²) >= 11 is 10.6. The Bertz CT molecular complexity index is 242. The molecule has 0 aliphatic heterocycles. The van der Waals surface area contributed by atoms with Crippen LogP contribution in [0.15, 0.2) is 0 Å². The summed E-state index contributed by atoms with van der Waals surface area (Å²) in [6.45, 7) is 0. The Labute approximate surface area is 164 Å². The van der Waals surface area contributed by atoms with Crippen molar-refractivity contribution in [2.45, 2.75) is 0 Å². The third kappa shape index (κ3) is 4.51. The average Bonchev–Trinajstić information content (AvgIpc) is 2.30. The molecule has 1 aromatic rings. The summed E-state index contributed by atoms with van der Waals surface area (Å²) < 4.78 is 6.47. The molecule has 0 nitrogen and oxygen atoms in total. The van der Waals surface area contributed by atoms with Crippen molar-refractivity contribution in [3.63, 3.8) is 0 Å². The number of rotatable bonds is 2. The zero-order valence-corrected chi connectivity index (χ0v) is 24.0. The molecular weight excluding hydrogens is 556 g/mol. The summed E-state index contributed by atoms with van der Waals surface area (Å²) in [5, 5.41) is 0. The minimum atomic E-state index is 0.807. The first-order valence-electron chi connectivity index (χ1n) is 2.50. The zero-order valence-electron chi connectivity index (χ0n) is 5.54. The van der Waals surface area contributed by atoms with Crippen LogP contribution >= 0.6 is 34.9 Å². The van der Waals surface area contributed by atoms with Crippen molar-refractivity contribution in [1.29, 1.82) is 0 Å². The van der Waals surface area contributed by atoms with Gasteiger partial charge in [0.2, 0.25) is 0 Å². The van der Waals surface area contributed by atoms with Crippen LogP contribution < -0.4 is 7.55 Å². The molecule has 10 heavy (non-hydrogen) atoms. The summed E-state index contributed by atoms with van der Waals surface area (Å²) in [5.41, 5.74) is 0. The van der Waals surface area contributed by atoms with Gasteiger partial charge < -0.3 is 0 Å². The predicted octanol–water partition coefficient (Wildman–Crippen LogP) is -0.635. The Kier molecular flexibility index (Phi) is 10.3. The molecule has 1 heterocycles. The van der Waals surface area contributed by atoms with Gasteiger partial charge in [-0.1, -0.05) is 0 Å². The summed E-state index contributed by atoms with van der Waals surface area (Å²) in [5.74, 6) is 0. The summed E-state index contributed by atoms with van der Waals surface area (Å²) in [4.78, 5) is 0. The molecule has 7 heteroatoms.